The minimum atomic E-state index is -0.261. The summed E-state index contributed by atoms with van der Waals surface area (Å²) in [7, 11) is 1.54. The number of phenols is 1. The van der Waals surface area contributed by atoms with Gasteiger partial charge in [0.25, 0.3) is 0 Å². The van der Waals surface area contributed by atoms with Crippen LogP contribution in [0.1, 0.15) is 63.9 Å². The van der Waals surface area contributed by atoms with Crippen LogP contribution in [-0.4, -0.2) is 45.5 Å². The van der Waals surface area contributed by atoms with Crippen LogP contribution in [0.2, 0.25) is 0 Å². The minimum absolute atomic E-state index is 0.104. The molecule has 8 heteroatoms. The largest absolute Gasteiger partial charge is 0.504 e. The van der Waals surface area contributed by atoms with Crippen molar-refractivity contribution >= 4 is 0 Å². The molecule has 3 unspecified atom stereocenters. The van der Waals surface area contributed by atoms with Gasteiger partial charge in [-0.15, -0.1) is 5.10 Å². The maximum atomic E-state index is 10.3. The van der Waals surface area contributed by atoms with Crippen LogP contribution in [-0.2, 0) is 5.54 Å². The average molecular weight is 403 g/mol. The van der Waals surface area contributed by atoms with Crippen LogP contribution in [0.25, 0.3) is 0 Å². The lowest BCUT2D eigenvalue weighted by molar-refractivity contribution is 0.256. The van der Waals surface area contributed by atoms with Gasteiger partial charge in [-0.2, -0.15) is 0 Å². The van der Waals surface area contributed by atoms with Gasteiger partial charge in [-0.1, -0.05) is 12.5 Å². The van der Waals surface area contributed by atoms with E-state index in [0.29, 0.717) is 17.6 Å². The standard InChI is InChI=1S/C21H34N6O2/c1-21(2,3)27-20(24-25-26-27)19(16-8-9-18(29-4)17(28)11-16)23-13-15-7-5-6-14(10-15)12-22/h8-9,11,14-15,19,23,28H,5-7,10,12-13,22H2,1-4H3. The van der Waals surface area contributed by atoms with Gasteiger partial charge in [-0.05, 0) is 93.1 Å². The zero-order valence-corrected chi connectivity index (χ0v) is 17.9. The zero-order valence-electron chi connectivity index (χ0n) is 17.9. The second-order valence-corrected chi connectivity index (χ2v) is 9.03. The van der Waals surface area contributed by atoms with E-state index in [4.69, 9.17) is 10.5 Å². The summed E-state index contributed by atoms with van der Waals surface area (Å²) in [4.78, 5) is 0. The van der Waals surface area contributed by atoms with Crippen LogP contribution >= 0.6 is 0 Å². The Kier molecular flexibility index (Phi) is 6.74. The fourth-order valence-corrected chi connectivity index (χ4v) is 4.18. The molecule has 1 aliphatic carbocycles. The van der Waals surface area contributed by atoms with Gasteiger partial charge in [0.15, 0.2) is 17.3 Å². The highest BCUT2D eigenvalue weighted by atomic mass is 16.5. The molecule has 160 valence electrons. The Morgan fingerprint density at radius 3 is 2.72 bits per heavy atom. The first kappa shape index (κ1) is 21.5. The topological polar surface area (TPSA) is 111 Å². The molecular weight excluding hydrogens is 368 g/mol. The van der Waals surface area contributed by atoms with E-state index in [1.165, 1.54) is 19.3 Å². The molecule has 29 heavy (non-hydrogen) atoms. The molecular formula is C21H34N6O2. The van der Waals surface area contributed by atoms with Crippen molar-refractivity contribution in [3.05, 3.63) is 29.6 Å². The molecule has 1 aliphatic rings. The molecule has 3 atom stereocenters. The third-order valence-corrected chi connectivity index (χ3v) is 5.76. The molecule has 2 aromatic rings. The van der Waals surface area contributed by atoms with Crippen molar-refractivity contribution < 1.29 is 9.84 Å². The highest BCUT2D eigenvalue weighted by Crippen LogP contribution is 2.33. The van der Waals surface area contributed by atoms with E-state index in [2.05, 4.69) is 41.6 Å². The van der Waals surface area contributed by atoms with Crippen LogP contribution < -0.4 is 15.8 Å². The number of rotatable bonds is 7. The normalized spacial score (nSPS) is 21.1. The van der Waals surface area contributed by atoms with Gasteiger partial charge in [0, 0.05) is 0 Å². The van der Waals surface area contributed by atoms with E-state index in [1.54, 1.807) is 19.2 Å². The molecule has 0 radical (unpaired) electrons. The highest BCUT2D eigenvalue weighted by molar-refractivity contribution is 5.43. The monoisotopic (exact) mass is 402 g/mol. The summed E-state index contributed by atoms with van der Waals surface area (Å²) in [6.07, 6.45) is 4.80. The summed E-state index contributed by atoms with van der Waals surface area (Å²) >= 11 is 0. The van der Waals surface area contributed by atoms with Crippen molar-refractivity contribution in [3.8, 4) is 11.5 Å². The van der Waals surface area contributed by atoms with E-state index in [-0.39, 0.29) is 17.3 Å². The summed E-state index contributed by atoms with van der Waals surface area (Å²) in [5.74, 6) is 2.46. The number of hydrogen-bond donors (Lipinski definition) is 3. The van der Waals surface area contributed by atoms with E-state index in [1.807, 2.05) is 10.7 Å². The Morgan fingerprint density at radius 1 is 1.31 bits per heavy atom. The van der Waals surface area contributed by atoms with Crippen molar-refractivity contribution in [2.75, 3.05) is 20.2 Å². The number of nitrogens with zero attached hydrogens (tertiary/aromatic N) is 4. The van der Waals surface area contributed by atoms with Gasteiger partial charge in [0.1, 0.15) is 0 Å². The number of aromatic nitrogens is 4. The second-order valence-electron chi connectivity index (χ2n) is 9.03. The Morgan fingerprint density at radius 2 is 2.07 bits per heavy atom. The Labute approximate surface area is 172 Å². The third-order valence-electron chi connectivity index (χ3n) is 5.76. The lowest BCUT2D eigenvalue weighted by Gasteiger charge is -2.31. The fourth-order valence-electron chi connectivity index (χ4n) is 4.18. The van der Waals surface area contributed by atoms with Gasteiger partial charge in [-0.3, -0.25) is 0 Å². The molecule has 1 aromatic carbocycles. The predicted octanol–water partition coefficient (Wildman–Crippen LogP) is 2.59. The summed E-state index contributed by atoms with van der Waals surface area (Å²) in [5.41, 5.74) is 6.55. The third kappa shape index (κ3) is 5.05. The van der Waals surface area contributed by atoms with Crippen molar-refractivity contribution in [2.24, 2.45) is 17.6 Å². The zero-order chi connectivity index (χ0) is 21.0. The number of tetrazole rings is 1. The molecule has 0 amide bonds. The number of aromatic hydroxyl groups is 1. The minimum Gasteiger partial charge on any atom is -0.504 e. The maximum Gasteiger partial charge on any atom is 0.173 e. The van der Waals surface area contributed by atoms with Crippen molar-refractivity contribution in [1.82, 2.24) is 25.5 Å². The van der Waals surface area contributed by atoms with Crippen molar-refractivity contribution in [3.63, 3.8) is 0 Å². The van der Waals surface area contributed by atoms with E-state index in [0.717, 1.165) is 30.9 Å². The first-order chi connectivity index (χ1) is 13.8. The quantitative estimate of drug-likeness (QED) is 0.653. The molecule has 0 bridgehead atoms. The molecule has 3 rings (SSSR count). The fraction of sp³-hybridized carbons (Fsp3) is 0.667. The number of hydrogen-bond acceptors (Lipinski definition) is 7. The van der Waals surface area contributed by atoms with E-state index < -0.39 is 0 Å². The lowest BCUT2D eigenvalue weighted by Crippen LogP contribution is -2.35. The van der Waals surface area contributed by atoms with Gasteiger partial charge < -0.3 is 20.9 Å². The first-order valence-corrected chi connectivity index (χ1v) is 10.4. The van der Waals surface area contributed by atoms with Crippen LogP contribution in [0.4, 0.5) is 0 Å². The average Bonchev–Trinajstić information content (AvgIpc) is 3.18. The molecule has 1 fully saturated rings. The molecule has 0 saturated heterocycles. The molecule has 0 aliphatic heterocycles. The van der Waals surface area contributed by atoms with Crippen molar-refractivity contribution in [1.29, 1.82) is 0 Å². The van der Waals surface area contributed by atoms with Gasteiger partial charge in [0.05, 0.1) is 18.7 Å². The molecule has 1 heterocycles. The summed E-state index contributed by atoms with van der Waals surface area (Å²) in [5, 5.41) is 26.5. The maximum absolute atomic E-state index is 10.3. The van der Waals surface area contributed by atoms with Gasteiger partial charge in [-0.25, -0.2) is 4.68 Å². The van der Waals surface area contributed by atoms with Gasteiger partial charge >= 0.3 is 0 Å². The van der Waals surface area contributed by atoms with Crippen LogP contribution in [0.15, 0.2) is 18.2 Å². The molecule has 0 spiro atoms. The van der Waals surface area contributed by atoms with E-state index in [9.17, 15) is 5.11 Å². The first-order valence-electron chi connectivity index (χ1n) is 10.4. The number of nitrogens with one attached hydrogen (secondary N) is 1. The Hall–Kier alpha value is -2.19. The lowest BCUT2D eigenvalue weighted by atomic mass is 9.81. The van der Waals surface area contributed by atoms with Gasteiger partial charge in [0.2, 0.25) is 0 Å². The number of phenolic OH excluding ortho intramolecular Hbond substituents is 1. The number of methoxy groups -OCH3 is 1. The number of nitrogens with two attached hydrogens (primary N) is 1. The Balaban J connectivity index is 1.88. The molecule has 1 saturated carbocycles. The van der Waals surface area contributed by atoms with Crippen LogP contribution in [0.3, 0.4) is 0 Å². The summed E-state index contributed by atoms with van der Waals surface area (Å²) in [6, 6.07) is 5.21. The SMILES string of the molecule is COc1ccc(C(NCC2CCCC(CN)C2)c2nnnn2C(C)(C)C)cc1O. The van der Waals surface area contributed by atoms with Crippen molar-refractivity contribution in [2.45, 2.75) is 58.0 Å². The smallest absolute Gasteiger partial charge is 0.173 e. The summed E-state index contributed by atoms with van der Waals surface area (Å²) in [6.45, 7) is 7.83. The predicted molar refractivity (Wildman–Crippen MR) is 112 cm³/mol. The van der Waals surface area contributed by atoms with Crippen LogP contribution in [0.5, 0.6) is 11.5 Å². The molecule has 1 aromatic heterocycles. The molecule has 4 N–H and O–H groups in total. The van der Waals surface area contributed by atoms with E-state index >= 15 is 0 Å². The summed E-state index contributed by atoms with van der Waals surface area (Å²) < 4.78 is 7.04. The highest BCUT2D eigenvalue weighted by Gasteiger charge is 2.29. The van der Waals surface area contributed by atoms with Crippen LogP contribution in [0, 0.1) is 11.8 Å². The second kappa shape index (κ2) is 9.09. The number of ether oxygens (including phenoxy) is 1. The number of benzene rings is 1. The Bertz CT molecular complexity index is 801. The molecule has 8 nitrogen and oxygen atoms in total.